The first-order valence-corrected chi connectivity index (χ1v) is 8.14. The second-order valence-electron chi connectivity index (χ2n) is 5.89. The molecule has 0 aromatic heterocycles. The number of urea groups is 1. The van der Waals surface area contributed by atoms with Crippen molar-refractivity contribution in [1.82, 2.24) is 15.5 Å². The molecule has 0 radical (unpaired) electrons. The van der Waals surface area contributed by atoms with Gasteiger partial charge in [0.25, 0.3) is 0 Å². The molecule has 2 atom stereocenters. The van der Waals surface area contributed by atoms with E-state index in [4.69, 9.17) is 4.74 Å². The second-order valence-corrected chi connectivity index (χ2v) is 5.89. The van der Waals surface area contributed by atoms with Crippen molar-refractivity contribution >= 4 is 6.03 Å². The van der Waals surface area contributed by atoms with E-state index in [1.165, 1.54) is 0 Å². The number of likely N-dealkylation sites (tertiary alicyclic amines) is 1. The number of amides is 2. The molecule has 20 heavy (non-hydrogen) atoms. The fourth-order valence-corrected chi connectivity index (χ4v) is 3.17. The molecule has 5 nitrogen and oxygen atoms in total. The Hall–Kier alpha value is -0.810. The number of hydrogen-bond donors (Lipinski definition) is 2. The third-order valence-electron chi connectivity index (χ3n) is 4.54. The van der Waals surface area contributed by atoms with Crippen LogP contribution in [-0.4, -0.2) is 55.4 Å². The molecule has 0 unspecified atom stereocenters. The Balaban J connectivity index is 1.71. The van der Waals surface area contributed by atoms with Crippen molar-refractivity contribution in [1.29, 1.82) is 0 Å². The first-order chi connectivity index (χ1) is 9.72. The molecule has 0 spiro atoms. The van der Waals surface area contributed by atoms with E-state index < -0.39 is 0 Å². The van der Waals surface area contributed by atoms with E-state index in [0.29, 0.717) is 6.04 Å². The Kier molecular flexibility index (Phi) is 6.10. The van der Waals surface area contributed by atoms with E-state index in [0.717, 1.165) is 58.3 Å². The molecule has 0 aliphatic carbocycles. The number of rotatable bonds is 5. The summed E-state index contributed by atoms with van der Waals surface area (Å²) in [5.74, 6) is 0. The standard InChI is InChI=1S/C15H29N3O2/c1-3-13(14-6-5-11-20-14)17-15(19)16-12-7-9-18(4-2)10-8-12/h12-14H,3-11H2,1-2H3,(H2,16,17,19)/t13-,14+/m1/s1. The number of nitrogens with zero attached hydrogens (tertiary/aromatic N) is 1. The highest BCUT2D eigenvalue weighted by atomic mass is 16.5. The topological polar surface area (TPSA) is 53.6 Å². The molecule has 5 heteroatoms. The van der Waals surface area contributed by atoms with Crippen LogP contribution < -0.4 is 10.6 Å². The lowest BCUT2D eigenvalue weighted by molar-refractivity contribution is 0.0792. The number of nitrogens with one attached hydrogen (secondary N) is 2. The number of carbonyl (C=O) groups is 1. The van der Waals surface area contributed by atoms with E-state index in [2.05, 4.69) is 29.4 Å². The van der Waals surface area contributed by atoms with Crippen LogP contribution in [0.15, 0.2) is 0 Å². The Morgan fingerprint density at radius 3 is 2.60 bits per heavy atom. The van der Waals surface area contributed by atoms with Gasteiger partial charge in [0, 0.05) is 25.7 Å². The van der Waals surface area contributed by atoms with Crippen molar-refractivity contribution in [2.45, 2.75) is 64.1 Å². The maximum atomic E-state index is 12.1. The van der Waals surface area contributed by atoms with Crippen LogP contribution in [0, 0.1) is 0 Å². The van der Waals surface area contributed by atoms with Gasteiger partial charge in [-0.25, -0.2) is 4.79 Å². The van der Waals surface area contributed by atoms with Crippen LogP contribution in [0.1, 0.15) is 46.0 Å². The van der Waals surface area contributed by atoms with Crippen molar-refractivity contribution in [2.24, 2.45) is 0 Å². The SMILES string of the molecule is CC[C@@H](NC(=O)NC1CCN(CC)CC1)[C@@H]1CCCO1. The normalized spacial score (nSPS) is 26.4. The number of hydrogen-bond acceptors (Lipinski definition) is 3. The molecule has 0 bridgehead atoms. The van der Waals surface area contributed by atoms with Gasteiger partial charge in [-0.1, -0.05) is 13.8 Å². The molecule has 0 aromatic carbocycles. The van der Waals surface area contributed by atoms with Gasteiger partial charge in [0.05, 0.1) is 12.1 Å². The Morgan fingerprint density at radius 1 is 1.30 bits per heavy atom. The summed E-state index contributed by atoms with van der Waals surface area (Å²) >= 11 is 0. The minimum absolute atomic E-state index is 0.0256. The van der Waals surface area contributed by atoms with E-state index >= 15 is 0 Å². The smallest absolute Gasteiger partial charge is 0.315 e. The van der Waals surface area contributed by atoms with Gasteiger partial charge in [0.15, 0.2) is 0 Å². The number of ether oxygens (including phenoxy) is 1. The molecule has 116 valence electrons. The van der Waals surface area contributed by atoms with Gasteiger partial charge in [-0.2, -0.15) is 0 Å². The molecule has 2 rings (SSSR count). The van der Waals surface area contributed by atoms with Gasteiger partial charge in [-0.3, -0.25) is 0 Å². The predicted molar refractivity (Wildman–Crippen MR) is 79.9 cm³/mol. The van der Waals surface area contributed by atoms with E-state index in [1.54, 1.807) is 0 Å². The minimum Gasteiger partial charge on any atom is -0.376 e. The van der Waals surface area contributed by atoms with Crippen LogP contribution in [0.4, 0.5) is 4.79 Å². The van der Waals surface area contributed by atoms with Crippen LogP contribution in [0.5, 0.6) is 0 Å². The predicted octanol–water partition coefficient (Wildman–Crippen LogP) is 1.73. The molecule has 2 aliphatic heterocycles. The lowest BCUT2D eigenvalue weighted by Gasteiger charge is -2.32. The van der Waals surface area contributed by atoms with Gasteiger partial charge in [0.1, 0.15) is 0 Å². The van der Waals surface area contributed by atoms with Gasteiger partial charge < -0.3 is 20.3 Å². The molecule has 0 saturated carbocycles. The molecule has 2 N–H and O–H groups in total. The van der Waals surface area contributed by atoms with Crippen molar-refractivity contribution < 1.29 is 9.53 Å². The maximum absolute atomic E-state index is 12.1. The van der Waals surface area contributed by atoms with E-state index in [1.807, 2.05) is 0 Å². The largest absolute Gasteiger partial charge is 0.376 e. The Labute approximate surface area is 122 Å². The van der Waals surface area contributed by atoms with Crippen LogP contribution in [0.25, 0.3) is 0 Å². The highest BCUT2D eigenvalue weighted by molar-refractivity contribution is 5.74. The maximum Gasteiger partial charge on any atom is 0.315 e. The molecule has 2 fully saturated rings. The zero-order valence-corrected chi connectivity index (χ0v) is 12.9. The summed E-state index contributed by atoms with van der Waals surface area (Å²) < 4.78 is 5.68. The van der Waals surface area contributed by atoms with Crippen molar-refractivity contribution in [3.63, 3.8) is 0 Å². The summed E-state index contributed by atoms with van der Waals surface area (Å²) in [5.41, 5.74) is 0. The fourth-order valence-electron chi connectivity index (χ4n) is 3.17. The average molecular weight is 283 g/mol. The second kappa shape index (κ2) is 7.84. The minimum atomic E-state index is -0.0256. The van der Waals surface area contributed by atoms with Gasteiger partial charge in [0.2, 0.25) is 0 Å². The highest BCUT2D eigenvalue weighted by Crippen LogP contribution is 2.17. The van der Waals surface area contributed by atoms with Gasteiger partial charge in [-0.05, 0) is 38.6 Å². The van der Waals surface area contributed by atoms with Crippen LogP contribution in [0.3, 0.4) is 0 Å². The lowest BCUT2D eigenvalue weighted by atomic mass is 10.0. The summed E-state index contributed by atoms with van der Waals surface area (Å²) in [6.07, 6.45) is 5.41. The molecule has 2 heterocycles. The Bertz CT molecular complexity index is 297. The highest BCUT2D eigenvalue weighted by Gasteiger charge is 2.27. The zero-order valence-electron chi connectivity index (χ0n) is 12.9. The van der Waals surface area contributed by atoms with Crippen LogP contribution in [0.2, 0.25) is 0 Å². The molecule has 2 amide bonds. The van der Waals surface area contributed by atoms with Crippen molar-refractivity contribution in [2.75, 3.05) is 26.2 Å². The summed E-state index contributed by atoms with van der Waals surface area (Å²) in [6, 6.07) is 0.440. The third-order valence-corrected chi connectivity index (χ3v) is 4.54. The zero-order chi connectivity index (χ0) is 14.4. The monoisotopic (exact) mass is 283 g/mol. The summed E-state index contributed by atoms with van der Waals surface area (Å²) in [6.45, 7) is 8.41. The van der Waals surface area contributed by atoms with Gasteiger partial charge in [-0.15, -0.1) is 0 Å². The molecule has 0 aromatic rings. The Morgan fingerprint density at radius 2 is 2.05 bits per heavy atom. The third kappa shape index (κ3) is 4.35. The van der Waals surface area contributed by atoms with Crippen molar-refractivity contribution in [3.8, 4) is 0 Å². The van der Waals surface area contributed by atoms with Crippen LogP contribution >= 0.6 is 0 Å². The first kappa shape index (κ1) is 15.6. The molecular formula is C15H29N3O2. The molecule has 2 saturated heterocycles. The average Bonchev–Trinajstić information content (AvgIpc) is 2.99. The van der Waals surface area contributed by atoms with E-state index in [-0.39, 0.29) is 18.2 Å². The summed E-state index contributed by atoms with van der Waals surface area (Å²) in [4.78, 5) is 14.5. The fraction of sp³-hybridized carbons (Fsp3) is 0.933. The number of carbonyl (C=O) groups excluding carboxylic acids is 1. The quantitative estimate of drug-likeness (QED) is 0.808. The lowest BCUT2D eigenvalue weighted by Crippen LogP contribution is -2.52. The molecular weight excluding hydrogens is 254 g/mol. The van der Waals surface area contributed by atoms with Crippen molar-refractivity contribution in [3.05, 3.63) is 0 Å². The summed E-state index contributed by atoms with van der Waals surface area (Å²) in [5, 5.41) is 6.21. The van der Waals surface area contributed by atoms with E-state index in [9.17, 15) is 4.79 Å². The number of piperidine rings is 1. The summed E-state index contributed by atoms with van der Waals surface area (Å²) in [7, 11) is 0. The van der Waals surface area contributed by atoms with Crippen LogP contribution in [-0.2, 0) is 4.74 Å². The molecule has 2 aliphatic rings. The first-order valence-electron chi connectivity index (χ1n) is 8.14. The van der Waals surface area contributed by atoms with Gasteiger partial charge >= 0.3 is 6.03 Å².